The van der Waals surface area contributed by atoms with E-state index in [1.165, 1.54) is 0 Å². The highest BCUT2D eigenvalue weighted by Gasteiger charge is 2.22. The van der Waals surface area contributed by atoms with Gasteiger partial charge in [0.15, 0.2) is 0 Å². The standard InChI is InChI=1S/C10H20N2O3/c1-5-12(6-2)10(15)11-8(4)7(3)9(13)14/h7-8H,5-6H2,1-4H3,(H,11,15)(H,13,14). The molecular weight excluding hydrogens is 196 g/mol. The molecule has 2 atom stereocenters. The Balaban J connectivity index is 4.22. The van der Waals surface area contributed by atoms with Gasteiger partial charge >= 0.3 is 12.0 Å². The average molecular weight is 216 g/mol. The van der Waals surface area contributed by atoms with Crippen LogP contribution in [0.5, 0.6) is 0 Å². The van der Waals surface area contributed by atoms with Gasteiger partial charge in [0.25, 0.3) is 0 Å². The van der Waals surface area contributed by atoms with E-state index in [2.05, 4.69) is 5.32 Å². The number of carboxylic acids is 1. The highest BCUT2D eigenvalue weighted by Crippen LogP contribution is 2.03. The lowest BCUT2D eigenvalue weighted by Crippen LogP contribution is -2.47. The molecule has 2 unspecified atom stereocenters. The highest BCUT2D eigenvalue weighted by molar-refractivity contribution is 5.76. The molecule has 0 fully saturated rings. The normalized spacial score (nSPS) is 14.1. The maximum absolute atomic E-state index is 11.6. The molecule has 0 saturated carbocycles. The van der Waals surface area contributed by atoms with Gasteiger partial charge in [-0.3, -0.25) is 4.79 Å². The highest BCUT2D eigenvalue weighted by atomic mass is 16.4. The Kier molecular flexibility index (Phi) is 5.74. The number of amides is 2. The zero-order valence-electron chi connectivity index (χ0n) is 9.78. The third kappa shape index (κ3) is 4.18. The van der Waals surface area contributed by atoms with Crippen molar-refractivity contribution in [2.75, 3.05) is 13.1 Å². The van der Waals surface area contributed by atoms with E-state index in [0.717, 1.165) is 0 Å². The van der Waals surface area contributed by atoms with Crippen LogP contribution in [0, 0.1) is 5.92 Å². The van der Waals surface area contributed by atoms with Crippen LogP contribution >= 0.6 is 0 Å². The van der Waals surface area contributed by atoms with E-state index in [0.29, 0.717) is 13.1 Å². The smallest absolute Gasteiger partial charge is 0.317 e. The zero-order chi connectivity index (χ0) is 12.0. The van der Waals surface area contributed by atoms with E-state index in [9.17, 15) is 9.59 Å². The zero-order valence-corrected chi connectivity index (χ0v) is 9.78. The molecule has 0 aromatic rings. The third-order valence-electron chi connectivity index (χ3n) is 2.54. The van der Waals surface area contributed by atoms with Crippen molar-refractivity contribution in [3.8, 4) is 0 Å². The summed E-state index contributed by atoms with van der Waals surface area (Å²) in [5.41, 5.74) is 0. The van der Waals surface area contributed by atoms with Crippen LogP contribution in [0.1, 0.15) is 27.7 Å². The lowest BCUT2D eigenvalue weighted by Gasteiger charge is -2.24. The Bertz CT molecular complexity index is 227. The number of carboxylic acid groups (broad SMARTS) is 1. The molecule has 0 aliphatic rings. The van der Waals surface area contributed by atoms with Gasteiger partial charge in [-0.1, -0.05) is 0 Å². The molecule has 5 nitrogen and oxygen atoms in total. The lowest BCUT2D eigenvalue weighted by atomic mass is 10.0. The Hall–Kier alpha value is -1.26. The summed E-state index contributed by atoms with van der Waals surface area (Å²) in [6, 6.07) is -0.573. The van der Waals surface area contributed by atoms with E-state index in [4.69, 9.17) is 5.11 Å². The van der Waals surface area contributed by atoms with Crippen molar-refractivity contribution in [2.24, 2.45) is 5.92 Å². The minimum atomic E-state index is -0.901. The van der Waals surface area contributed by atoms with Gasteiger partial charge in [-0.2, -0.15) is 0 Å². The third-order valence-corrected chi connectivity index (χ3v) is 2.54. The second kappa shape index (κ2) is 6.27. The molecule has 0 aromatic carbocycles. The molecule has 2 amide bonds. The molecule has 0 heterocycles. The summed E-state index contributed by atoms with van der Waals surface area (Å²) in [4.78, 5) is 23.8. The molecule has 5 heteroatoms. The number of hydrogen-bond acceptors (Lipinski definition) is 2. The predicted octanol–water partition coefficient (Wildman–Crippen LogP) is 1.15. The van der Waals surface area contributed by atoms with Crippen LogP contribution in [0.2, 0.25) is 0 Å². The second-order valence-electron chi connectivity index (χ2n) is 3.54. The number of aliphatic carboxylic acids is 1. The summed E-state index contributed by atoms with van der Waals surface area (Å²) < 4.78 is 0. The molecule has 0 aromatic heterocycles. The van der Waals surface area contributed by atoms with Crippen molar-refractivity contribution in [3.05, 3.63) is 0 Å². The maximum atomic E-state index is 11.6. The van der Waals surface area contributed by atoms with Crippen LogP contribution in [0.3, 0.4) is 0 Å². The van der Waals surface area contributed by atoms with Gasteiger partial charge in [0, 0.05) is 19.1 Å². The number of carbonyl (C=O) groups is 2. The minimum absolute atomic E-state index is 0.208. The second-order valence-corrected chi connectivity index (χ2v) is 3.54. The Morgan fingerprint density at radius 2 is 1.73 bits per heavy atom. The first-order chi connectivity index (χ1) is 6.93. The molecule has 0 aliphatic heterocycles. The van der Waals surface area contributed by atoms with Gasteiger partial charge in [0.2, 0.25) is 0 Å². The van der Waals surface area contributed by atoms with Gasteiger partial charge < -0.3 is 15.3 Å². The van der Waals surface area contributed by atoms with Crippen molar-refractivity contribution in [3.63, 3.8) is 0 Å². The SMILES string of the molecule is CCN(CC)C(=O)NC(C)C(C)C(=O)O. The number of carbonyl (C=O) groups excluding carboxylic acids is 1. The van der Waals surface area contributed by atoms with Crippen molar-refractivity contribution in [1.82, 2.24) is 10.2 Å². The first kappa shape index (κ1) is 13.7. The van der Waals surface area contributed by atoms with Gasteiger partial charge in [-0.25, -0.2) is 4.79 Å². The largest absolute Gasteiger partial charge is 0.481 e. The van der Waals surface area contributed by atoms with Gasteiger partial charge in [-0.15, -0.1) is 0 Å². The van der Waals surface area contributed by atoms with Crippen LogP contribution in [0.25, 0.3) is 0 Å². The van der Waals surface area contributed by atoms with Gasteiger partial charge in [0.1, 0.15) is 0 Å². The fourth-order valence-electron chi connectivity index (χ4n) is 1.14. The summed E-state index contributed by atoms with van der Waals surface area (Å²) in [7, 11) is 0. The first-order valence-corrected chi connectivity index (χ1v) is 5.22. The molecule has 15 heavy (non-hydrogen) atoms. The summed E-state index contributed by atoms with van der Waals surface area (Å²) in [5.74, 6) is -1.48. The van der Waals surface area contributed by atoms with Crippen LogP contribution in [-0.2, 0) is 4.79 Å². The predicted molar refractivity (Wildman–Crippen MR) is 57.7 cm³/mol. The number of hydrogen-bond donors (Lipinski definition) is 2. The molecule has 0 bridgehead atoms. The van der Waals surface area contributed by atoms with Crippen molar-refractivity contribution < 1.29 is 14.7 Å². The van der Waals surface area contributed by atoms with Crippen LogP contribution in [0.4, 0.5) is 4.79 Å². The topological polar surface area (TPSA) is 69.6 Å². The van der Waals surface area contributed by atoms with Crippen molar-refractivity contribution >= 4 is 12.0 Å². The van der Waals surface area contributed by atoms with E-state index in [1.54, 1.807) is 18.7 Å². The summed E-state index contributed by atoms with van der Waals surface area (Å²) in [6.07, 6.45) is 0. The van der Waals surface area contributed by atoms with Crippen LogP contribution in [-0.4, -0.2) is 41.1 Å². The summed E-state index contributed by atoms with van der Waals surface area (Å²) >= 11 is 0. The number of rotatable bonds is 5. The monoisotopic (exact) mass is 216 g/mol. The molecule has 2 N–H and O–H groups in total. The summed E-state index contributed by atoms with van der Waals surface area (Å²) in [6.45, 7) is 8.28. The van der Waals surface area contributed by atoms with E-state index in [-0.39, 0.29) is 12.1 Å². The Morgan fingerprint density at radius 1 is 1.27 bits per heavy atom. The molecule has 0 radical (unpaired) electrons. The summed E-state index contributed by atoms with van der Waals surface area (Å²) in [5, 5.41) is 11.4. The van der Waals surface area contributed by atoms with Gasteiger partial charge in [-0.05, 0) is 27.7 Å². The van der Waals surface area contributed by atoms with E-state index < -0.39 is 11.9 Å². The molecule has 0 aliphatic carbocycles. The molecule has 0 spiro atoms. The molecule has 0 rings (SSSR count). The van der Waals surface area contributed by atoms with Gasteiger partial charge in [0.05, 0.1) is 5.92 Å². The quantitative estimate of drug-likeness (QED) is 0.724. The maximum Gasteiger partial charge on any atom is 0.317 e. The Labute approximate surface area is 90.5 Å². The van der Waals surface area contributed by atoms with Crippen LogP contribution < -0.4 is 5.32 Å². The average Bonchev–Trinajstić information content (AvgIpc) is 2.18. The number of nitrogens with zero attached hydrogens (tertiary/aromatic N) is 1. The van der Waals surface area contributed by atoms with E-state index >= 15 is 0 Å². The van der Waals surface area contributed by atoms with Crippen LogP contribution in [0.15, 0.2) is 0 Å². The minimum Gasteiger partial charge on any atom is -0.481 e. The Morgan fingerprint density at radius 3 is 2.07 bits per heavy atom. The molecule has 88 valence electrons. The lowest BCUT2D eigenvalue weighted by molar-refractivity contribution is -0.141. The first-order valence-electron chi connectivity index (χ1n) is 5.22. The number of urea groups is 1. The van der Waals surface area contributed by atoms with Crippen molar-refractivity contribution in [2.45, 2.75) is 33.7 Å². The fraction of sp³-hybridized carbons (Fsp3) is 0.800. The fourth-order valence-corrected chi connectivity index (χ4v) is 1.14. The number of nitrogens with one attached hydrogen (secondary N) is 1. The molecule has 0 saturated heterocycles. The van der Waals surface area contributed by atoms with E-state index in [1.807, 2.05) is 13.8 Å². The van der Waals surface area contributed by atoms with Crippen molar-refractivity contribution in [1.29, 1.82) is 0 Å². The molecular formula is C10H20N2O3.